The van der Waals surface area contributed by atoms with Crippen LogP contribution in [0.25, 0.3) is 0 Å². The fraction of sp³-hybridized carbons (Fsp3) is 0.450. The van der Waals surface area contributed by atoms with E-state index in [4.69, 9.17) is 9.47 Å². The molecular weight excluding hydrogens is 316 g/mol. The van der Waals surface area contributed by atoms with Crippen LogP contribution in [0.4, 0.5) is 0 Å². The average molecular weight is 344 g/mol. The molecular formula is C20H28N2O3. The van der Waals surface area contributed by atoms with Crippen LogP contribution in [0.15, 0.2) is 36.7 Å². The molecule has 0 unspecified atom stereocenters. The summed E-state index contributed by atoms with van der Waals surface area (Å²) in [4.78, 5) is 19.5. The highest BCUT2D eigenvalue weighted by atomic mass is 16.5. The predicted octanol–water partition coefficient (Wildman–Crippen LogP) is 4.22. The number of hydrogen-bond donors (Lipinski definition) is 0. The SMILES string of the molecule is COc1ccc(C(=O)C(C)C)cn1.COc1ccc(CC(C)C)cn1. The van der Waals surface area contributed by atoms with E-state index in [1.54, 1.807) is 32.5 Å². The monoisotopic (exact) mass is 344 g/mol. The molecule has 0 amide bonds. The molecule has 0 saturated carbocycles. The van der Waals surface area contributed by atoms with Gasteiger partial charge < -0.3 is 9.47 Å². The minimum Gasteiger partial charge on any atom is -0.481 e. The first-order chi connectivity index (χ1) is 11.9. The van der Waals surface area contributed by atoms with Gasteiger partial charge in [0, 0.05) is 36.0 Å². The van der Waals surface area contributed by atoms with Gasteiger partial charge >= 0.3 is 0 Å². The van der Waals surface area contributed by atoms with Gasteiger partial charge in [-0.25, -0.2) is 9.97 Å². The van der Waals surface area contributed by atoms with Crippen LogP contribution in [-0.4, -0.2) is 30.0 Å². The van der Waals surface area contributed by atoms with Gasteiger partial charge in [-0.1, -0.05) is 33.8 Å². The molecule has 25 heavy (non-hydrogen) atoms. The van der Waals surface area contributed by atoms with Crippen molar-refractivity contribution in [1.82, 2.24) is 9.97 Å². The lowest BCUT2D eigenvalue weighted by Crippen LogP contribution is -2.07. The molecule has 0 aromatic carbocycles. The molecule has 2 rings (SSSR count). The Labute approximate surface area is 150 Å². The molecule has 2 heterocycles. The molecule has 0 aliphatic heterocycles. The molecule has 0 spiro atoms. The van der Waals surface area contributed by atoms with Gasteiger partial charge in [-0.05, 0) is 24.0 Å². The Kier molecular flexibility index (Phi) is 8.61. The van der Waals surface area contributed by atoms with E-state index in [2.05, 4.69) is 29.9 Å². The Morgan fingerprint density at radius 1 is 0.920 bits per heavy atom. The molecule has 0 atom stereocenters. The molecule has 0 aliphatic carbocycles. The smallest absolute Gasteiger partial charge is 0.212 e. The molecule has 2 aromatic heterocycles. The van der Waals surface area contributed by atoms with Gasteiger partial charge in [-0.15, -0.1) is 0 Å². The Morgan fingerprint density at radius 3 is 1.84 bits per heavy atom. The van der Waals surface area contributed by atoms with Gasteiger partial charge in [-0.3, -0.25) is 4.79 Å². The minimum atomic E-state index is 0.00944. The van der Waals surface area contributed by atoms with Crippen molar-refractivity contribution in [3.63, 3.8) is 0 Å². The number of rotatable bonds is 6. The maximum absolute atomic E-state index is 11.5. The summed E-state index contributed by atoms with van der Waals surface area (Å²) in [5, 5.41) is 0. The van der Waals surface area contributed by atoms with E-state index in [1.165, 1.54) is 5.56 Å². The first kappa shape index (κ1) is 20.6. The molecule has 0 saturated heterocycles. The van der Waals surface area contributed by atoms with Crippen molar-refractivity contribution >= 4 is 5.78 Å². The average Bonchev–Trinajstić information content (AvgIpc) is 2.62. The van der Waals surface area contributed by atoms with Crippen LogP contribution in [0.5, 0.6) is 11.8 Å². The highest BCUT2D eigenvalue weighted by Gasteiger charge is 2.10. The number of Topliss-reactive ketones (excluding diaryl/α,β-unsaturated/α-hetero) is 1. The predicted molar refractivity (Wildman–Crippen MR) is 99.3 cm³/mol. The molecule has 0 radical (unpaired) electrons. The van der Waals surface area contributed by atoms with Crippen LogP contribution in [0, 0.1) is 11.8 Å². The van der Waals surface area contributed by atoms with Gasteiger partial charge in [0.15, 0.2) is 5.78 Å². The third-order valence-electron chi connectivity index (χ3n) is 3.41. The summed E-state index contributed by atoms with van der Waals surface area (Å²) in [6.07, 6.45) is 4.50. The lowest BCUT2D eigenvalue weighted by Gasteiger charge is -2.04. The summed E-state index contributed by atoms with van der Waals surface area (Å²) in [5.74, 6) is 2.01. The number of ether oxygens (including phenoxy) is 2. The molecule has 0 fully saturated rings. The second kappa shape index (κ2) is 10.4. The number of pyridine rings is 2. The zero-order chi connectivity index (χ0) is 18.8. The second-order valence-corrected chi connectivity index (χ2v) is 6.41. The van der Waals surface area contributed by atoms with Gasteiger partial charge in [0.25, 0.3) is 0 Å². The van der Waals surface area contributed by atoms with Gasteiger partial charge in [0.05, 0.1) is 14.2 Å². The fourth-order valence-corrected chi connectivity index (χ4v) is 2.10. The van der Waals surface area contributed by atoms with Crippen LogP contribution < -0.4 is 9.47 Å². The summed E-state index contributed by atoms with van der Waals surface area (Å²) < 4.78 is 9.85. The van der Waals surface area contributed by atoms with Crippen molar-refractivity contribution in [1.29, 1.82) is 0 Å². The van der Waals surface area contributed by atoms with Crippen molar-refractivity contribution in [2.24, 2.45) is 11.8 Å². The van der Waals surface area contributed by atoms with Gasteiger partial charge in [0.2, 0.25) is 11.8 Å². The first-order valence-corrected chi connectivity index (χ1v) is 8.40. The number of carbonyl (C=O) groups excluding carboxylic acids is 1. The zero-order valence-corrected chi connectivity index (χ0v) is 15.9. The van der Waals surface area contributed by atoms with Gasteiger partial charge in [0.1, 0.15) is 0 Å². The number of carbonyl (C=O) groups is 1. The van der Waals surface area contributed by atoms with Crippen LogP contribution in [0.1, 0.15) is 43.6 Å². The number of hydrogen-bond acceptors (Lipinski definition) is 5. The third-order valence-corrected chi connectivity index (χ3v) is 3.41. The third kappa shape index (κ3) is 7.33. The Bertz CT molecular complexity index is 635. The summed E-state index contributed by atoms with van der Waals surface area (Å²) in [6.45, 7) is 8.13. The lowest BCUT2D eigenvalue weighted by molar-refractivity contribution is 0.0939. The van der Waals surface area contributed by atoms with Crippen LogP contribution >= 0.6 is 0 Å². The molecule has 2 aromatic rings. The summed E-state index contributed by atoms with van der Waals surface area (Å²) >= 11 is 0. The normalized spacial score (nSPS) is 10.2. The number of nitrogens with zero attached hydrogens (tertiary/aromatic N) is 2. The highest BCUT2D eigenvalue weighted by molar-refractivity contribution is 5.97. The molecule has 136 valence electrons. The molecule has 0 bridgehead atoms. The summed E-state index contributed by atoms with van der Waals surface area (Å²) in [7, 11) is 3.18. The largest absolute Gasteiger partial charge is 0.481 e. The Morgan fingerprint density at radius 2 is 1.48 bits per heavy atom. The summed E-state index contributed by atoms with van der Waals surface area (Å²) in [5.41, 5.74) is 1.90. The Hall–Kier alpha value is -2.43. The quantitative estimate of drug-likeness (QED) is 0.734. The zero-order valence-electron chi connectivity index (χ0n) is 15.9. The molecule has 0 aliphatic rings. The first-order valence-electron chi connectivity index (χ1n) is 8.40. The number of methoxy groups -OCH3 is 2. The second-order valence-electron chi connectivity index (χ2n) is 6.41. The topological polar surface area (TPSA) is 61.3 Å². The molecule has 0 N–H and O–H groups in total. The van der Waals surface area contributed by atoms with Crippen molar-refractivity contribution < 1.29 is 14.3 Å². The Balaban J connectivity index is 0.000000251. The van der Waals surface area contributed by atoms with E-state index >= 15 is 0 Å². The van der Waals surface area contributed by atoms with E-state index in [-0.39, 0.29) is 11.7 Å². The van der Waals surface area contributed by atoms with E-state index in [1.807, 2.05) is 26.1 Å². The van der Waals surface area contributed by atoms with E-state index in [0.717, 1.165) is 6.42 Å². The van der Waals surface area contributed by atoms with Crippen LogP contribution in [0.2, 0.25) is 0 Å². The number of ketones is 1. The van der Waals surface area contributed by atoms with E-state index < -0.39 is 0 Å². The van der Waals surface area contributed by atoms with E-state index in [0.29, 0.717) is 23.2 Å². The van der Waals surface area contributed by atoms with Crippen molar-refractivity contribution in [2.75, 3.05) is 14.2 Å². The van der Waals surface area contributed by atoms with Crippen molar-refractivity contribution in [3.8, 4) is 11.8 Å². The van der Waals surface area contributed by atoms with Crippen molar-refractivity contribution in [2.45, 2.75) is 34.1 Å². The van der Waals surface area contributed by atoms with Crippen LogP contribution in [-0.2, 0) is 6.42 Å². The summed E-state index contributed by atoms with van der Waals surface area (Å²) in [6, 6.07) is 7.38. The van der Waals surface area contributed by atoms with E-state index in [9.17, 15) is 4.79 Å². The maximum Gasteiger partial charge on any atom is 0.212 e. The minimum absolute atomic E-state index is 0.00944. The van der Waals surface area contributed by atoms with Crippen LogP contribution in [0.3, 0.4) is 0 Å². The fourth-order valence-electron chi connectivity index (χ4n) is 2.10. The van der Waals surface area contributed by atoms with Gasteiger partial charge in [-0.2, -0.15) is 0 Å². The molecule has 5 heteroatoms. The number of aromatic nitrogens is 2. The highest BCUT2D eigenvalue weighted by Crippen LogP contribution is 2.11. The lowest BCUT2D eigenvalue weighted by atomic mass is 10.0. The standard InChI is InChI=1S/C10H13NO2.C10H15NO/c1-7(2)10(12)8-4-5-9(13-3)11-6-8;1-8(2)6-9-4-5-10(12-3)11-7-9/h4-7H,1-3H3;4-5,7-8H,6H2,1-3H3. The molecule has 5 nitrogen and oxygen atoms in total. The van der Waals surface area contributed by atoms with Crippen molar-refractivity contribution in [3.05, 3.63) is 47.8 Å². The maximum atomic E-state index is 11.5.